The molecule has 2 atom stereocenters. The zero-order valence-corrected chi connectivity index (χ0v) is 21.5. The maximum Gasteiger partial charge on any atom is 0.415 e. The highest BCUT2D eigenvalue weighted by atomic mass is 32.2. The highest BCUT2D eigenvalue weighted by Crippen LogP contribution is 2.22. The molecule has 0 radical (unpaired) electrons. The predicted molar refractivity (Wildman–Crippen MR) is 136 cm³/mol. The minimum absolute atomic E-state index is 0.0615. The molecule has 0 saturated carbocycles. The van der Waals surface area contributed by atoms with Gasteiger partial charge in [0.15, 0.2) is 11.8 Å². The minimum Gasteiger partial charge on any atom is -0.467 e. The summed E-state index contributed by atoms with van der Waals surface area (Å²) in [6, 6.07) is 11.8. The first kappa shape index (κ1) is 27.5. The molecule has 9 nitrogen and oxygen atoms in total. The van der Waals surface area contributed by atoms with Crippen LogP contribution < -0.4 is 4.74 Å². The molecule has 0 unspecified atom stereocenters. The fourth-order valence-corrected chi connectivity index (χ4v) is 4.48. The van der Waals surface area contributed by atoms with Crippen molar-refractivity contribution in [1.29, 1.82) is 0 Å². The van der Waals surface area contributed by atoms with Crippen molar-refractivity contribution in [3.8, 4) is 5.75 Å². The van der Waals surface area contributed by atoms with Gasteiger partial charge < -0.3 is 14.4 Å². The zero-order valence-electron chi connectivity index (χ0n) is 20.7. The van der Waals surface area contributed by atoms with E-state index in [9.17, 15) is 14.4 Å². The molecule has 0 bridgehead atoms. The Balaban J connectivity index is 1.69. The number of aromatic nitrogens is 1. The Bertz CT molecular complexity index is 978. The fourth-order valence-electron chi connectivity index (χ4n) is 4.02. The van der Waals surface area contributed by atoms with E-state index in [2.05, 4.69) is 4.98 Å². The number of amides is 2. The van der Waals surface area contributed by atoms with Crippen LogP contribution in [0.5, 0.6) is 5.75 Å². The molecule has 0 aliphatic carbocycles. The SMILES string of the molecule is COC(=O)[C@H](CCSC)N(OC[C@@H]1CCCN1C(=O)Oc1cccnc1)C(=O)CCc1ccccc1. The Labute approximate surface area is 216 Å². The molecule has 2 amide bonds. The van der Waals surface area contributed by atoms with Crippen molar-refractivity contribution in [1.82, 2.24) is 14.9 Å². The summed E-state index contributed by atoms with van der Waals surface area (Å²) < 4.78 is 10.4. The van der Waals surface area contributed by atoms with Gasteiger partial charge in [0.1, 0.15) is 0 Å². The number of pyridine rings is 1. The van der Waals surface area contributed by atoms with Gasteiger partial charge in [0.2, 0.25) is 5.91 Å². The molecule has 1 saturated heterocycles. The van der Waals surface area contributed by atoms with E-state index >= 15 is 0 Å². The molecule has 3 rings (SSSR count). The first-order chi connectivity index (χ1) is 17.5. The topological polar surface area (TPSA) is 98.3 Å². The second kappa shape index (κ2) is 14.4. The predicted octanol–water partition coefficient (Wildman–Crippen LogP) is 3.73. The van der Waals surface area contributed by atoms with E-state index in [0.29, 0.717) is 37.3 Å². The largest absolute Gasteiger partial charge is 0.467 e. The number of ether oxygens (including phenoxy) is 2. The van der Waals surface area contributed by atoms with Crippen molar-refractivity contribution >= 4 is 29.7 Å². The number of methoxy groups -OCH3 is 1. The second-order valence-corrected chi connectivity index (χ2v) is 9.35. The number of thioether (sulfide) groups is 1. The fraction of sp³-hybridized carbons (Fsp3) is 0.462. The maximum atomic E-state index is 13.3. The number of hydrogen-bond acceptors (Lipinski definition) is 8. The number of carbonyl (C=O) groups is 3. The molecule has 0 N–H and O–H groups in total. The van der Waals surface area contributed by atoms with Crippen LogP contribution >= 0.6 is 11.8 Å². The summed E-state index contributed by atoms with van der Waals surface area (Å²) in [5.74, 6) is 0.169. The Morgan fingerprint density at radius 1 is 1.19 bits per heavy atom. The lowest BCUT2D eigenvalue weighted by atomic mass is 10.1. The lowest BCUT2D eigenvalue weighted by molar-refractivity contribution is -0.211. The number of benzene rings is 1. The van der Waals surface area contributed by atoms with Crippen molar-refractivity contribution in [2.75, 3.05) is 32.3 Å². The van der Waals surface area contributed by atoms with Gasteiger partial charge in [-0.1, -0.05) is 30.3 Å². The van der Waals surface area contributed by atoms with E-state index in [4.69, 9.17) is 14.3 Å². The first-order valence-corrected chi connectivity index (χ1v) is 13.4. The summed E-state index contributed by atoms with van der Waals surface area (Å²) in [6.07, 6.45) is 7.07. The van der Waals surface area contributed by atoms with Gasteiger partial charge in [-0.15, -0.1) is 0 Å². The molecule has 2 heterocycles. The van der Waals surface area contributed by atoms with E-state index in [1.165, 1.54) is 13.3 Å². The monoisotopic (exact) mass is 515 g/mol. The van der Waals surface area contributed by atoms with E-state index in [-0.39, 0.29) is 25.0 Å². The van der Waals surface area contributed by atoms with Gasteiger partial charge in [-0.25, -0.2) is 14.7 Å². The Morgan fingerprint density at radius 2 is 2.00 bits per heavy atom. The van der Waals surface area contributed by atoms with E-state index in [1.807, 2.05) is 36.6 Å². The van der Waals surface area contributed by atoms with Crippen LogP contribution in [-0.4, -0.2) is 77.3 Å². The molecular weight excluding hydrogens is 482 g/mol. The molecule has 1 aromatic carbocycles. The molecule has 1 aliphatic heterocycles. The van der Waals surface area contributed by atoms with Crippen LogP contribution in [0, 0.1) is 0 Å². The highest BCUT2D eigenvalue weighted by Gasteiger charge is 2.35. The van der Waals surface area contributed by atoms with Gasteiger partial charge in [-0.2, -0.15) is 11.8 Å². The van der Waals surface area contributed by atoms with Crippen LogP contribution in [0.4, 0.5) is 4.79 Å². The average Bonchev–Trinajstić information content (AvgIpc) is 3.39. The normalized spacial score (nSPS) is 15.8. The summed E-state index contributed by atoms with van der Waals surface area (Å²) in [6.45, 7) is 0.577. The van der Waals surface area contributed by atoms with Gasteiger partial charge in [0.05, 0.1) is 26.0 Å². The number of carbonyl (C=O) groups excluding carboxylic acids is 3. The van der Waals surface area contributed by atoms with E-state index < -0.39 is 18.1 Å². The van der Waals surface area contributed by atoms with Crippen molar-refractivity contribution in [3.63, 3.8) is 0 Å². The van der Waals surface area contributed by atoms with Crippen LogP contribution in [-0.2, 0) is 25.6 Å². The van der Waals surface area contributed by atoms with Crippen LogP contribution in [0.2, 0.25) is 0 Å². The van der Waals surface area contributed by atoms with E-state index in [0.717, 1.165) is 17.0 Å². The lowest BCUT2D eigenvalue weighted by Gasteiger charge is -2.31. The maximum absolute atomic E-state index is 13.3. The Kier molecular flexibility index (Phi) is 11.0. The third kappa shape index (κ3) is 7.96. The van der Waals surface area contributed by atoms with Gasteiger partial charge >= 0.3 is 12.1 Å². The molecule has 1 aliphatic rings. The Morgan fingerprint density at radius 3 is 2.69 bits per heavy atom. The third-order valence-electron chi connectivity index (χ3n) is 5.93. The van der Waals surface area contributed by atoms with Crippen molar-refractivity contribution in [3.05, 3.63) is 60.4 Å². The van der Waals surface area contributed by atoms with Gasteiger partial charge in [-0.05, 0) is 55.4 Å². The number of esters is 1. The second-order valence-electron chi connectivity index (χ2n) is 8.37. The molecular formula is C26H33N3O6S. The van der Waals surface area contributed by atoms with Crippen molar-refractivity contribution in [2.24, 2.45) is 0 Å². The van der Waals surface area contributed by atoms with Gasteiger partial charge in [0.25, 0.3) is 0 Å². The summed E-state index contributed by atoms with van der Waals surface area (Å²) in [4.78, 5) is 50.2. The summed E-state index contributed by atoms with van der Waals surface area (Å²) >= 11 is 1.57. The number of hydroxylamine groups is 2. The Hall–Kier alpha value is -3.11. The van der Waals surface area contributed by atoms with Crippen molar-refractivity contribution in [2.45, 2.75) is 44.2 Å². The van der Waals surface area contributed by atoms with Gasteiger partial charge in [-0.3, -0.25) is 14.6 Å². The van der Waals surface area contributed by atoms with Gasteiger partial charge in [0, 0.05) is 19.2 Å². The van der Waals surface area contributed by atoms with Crippen LogP contribution in [0.25, 0.3) is 0 Å². The van der Waals surface area contributed by atoms with Crippen LogP contribution in [0.1, 0.15) is 31.2 Å². The number of nitrogens with zero attached hydrogens (tertiary/aromatic N) is 3. The third-order valence-corrected chi connectivity index (χ3v) is 6.57. The van der Waals surface area contributed by atoms with Crippen LogP contribution in [0.3, 0.4) is 0 Å². The molecule has 194 valence electrons. The van der Waals surface area contributed by atoms with E-state index in [1.54, 1.807) is 35.0 Å². The standard InChI is InChI=1S/C26H33N3O6S/c1-33-25(31)23(14-17-36-2)29(24(30)13-12-20-8-4-3-5-9-20)34-19-21-10-7-16-28(21)26(32)35-22-11-6-15-27-18-22/h3-6,8-9,11,15,18,21,23H,7,10,12-14,16-17,19H2,1-2H3/t21-,23-/m0/s1. The number of likely N-dealkylation sites (tertiary alicyclic amines) is 1. The molecule has 2 aromatic rings. The quantitative estimate of drug-likeness (QED) is 0.312. The lowest BCUT2D eigenvalue weighted by Crippen LogP contribution is -2.48. The molecule has 1 fully saturated rings. The molecule has 0 spiro atoms. The zero-order chi connectivity index (χ0) is 25.8. The minimum atomic E-state index is -0.872. The summed E-state index contributed by atoms with van der Waals surface area (Å²) in [7, 11) is 1.30. The highest BCUT2D eigenvalue weighted by molar-refractivity contribution is 7.98. The average molecular weight is 516 g/mol. The number of hydrogen-bond donors (Lipinski definition) is 0. The summed E-state index contributed by atoms with van der Waals surface area (Å²) in [5.41, 5.74) is 1.02. The summed E-state index contributed by atoms with van der Waals surface area (Å²) in [5, 5.41) is 1.16. The molecule has 10 heteroatoms. The number of aryl methyl sites for hydroxylation is 1. The van der Waals surface area contributed by atoms with Crippen molar-refractivity contribution < 1.29 is 28.7 Å². The van der Waals surface area contributed by atoms with Crippen LogP contribution in [0.15, 0.2) is 54.9 Å². The smallest absolute Gasteiger partial charge is 0.415 e. The molecule has 1 aromatic heterocycles. The number of rotatable bonds is 12. The first-order valence-electron chi connectivity index (χ1n) is 12.0. The molecule has 36 heavy (non-hydrogen) atoms.